The summed E-state index contributed by atoms with van der Waals surface area (Å²) < 4.78 is 20.7. The smallest absolute Gasteiger partial charge is 0.199 e. The lowest BCUT2D eigenvalue weighted by Crippen LogP contribution is -2.05. The van der Waals surface area contributed by atoms with E-state index in [1.807, 2.05) is 12.1 Å². The van der Waals surface area contributed by atoms with Crippen molar-refractivity contribution in [3.63, 3.8) is 0 Å². The number of nitrogens with zero attached hydrogens (tertiary/aromatic N) is 2. The summed E-state index contributed by atoms with van der Waals surface area (Å²) in [6.07, 6.45) is 0. The molecule has 1 heterocycles. The first-order chi connectivity index (χ1) is 10.6. The lowest BCUT2D eigenvalue weighted by molar-refractivity contribution is 0.293. The lowest BCUT2D eigenvalue weighted by atomic mass is 10.3. The molecule has 7 heteroatoms. The predicted molar refractivity (Wildman–Crippen MR) is 84.5 cm³/mol. The largest absolute Gasteiger partial charge is 0.486 e. The number of H-pyrrole nitrogens is 1. The molecule has 3 aromatic rings. The topological polar surface area (TPSA) is 42.8 Å². The van der Waals surface area contributed by atoms with Gasteiger partial charge in [0.15, 0.2) is 10.6 Å². The fourth-order valence-corrected chi connectivity index (χ4v) is 2.34. The summed E-state index contributed by atoms with van der Waals surface area (Å²) in [7, 11) is 0. The zero-order chi connectivity index (χ0) is 15.5. The van der Waals surface area contributed by atoms with Crippen LogP contribution in [0.25, 0.3) is 5.69 Å². The molecule has 0 unspecified atom stereocenters. The second-order valence-corrected chi connectivity index (χ2v) is 5.32. The summed E-state index contributed by atoms with van der Waals surface area (Å²) in [6, 6.07) is 13.0. The molecular weight excluding hydrogens is 325 g/mol. The number of aromatic amines is 1. The number of rotatable bonds is 4. The Bertz CT molecular complexity index is 827. The molecule has 0 aliphatic carbocycles. The molecule has 4 nitrogen and oxygen atoms in total. The molecule has 3 rings (SSSR count). The van der Waals surface area contributed by atoms with Crippen LogP contribution in [-0.2, 0) is 6.61 Å². The number of aromatic nitrogens is 3. The summed E-state index contributed by atoms with van der Waals surface area (Å²) >= 11 is 11.1. The number of hydrogen-bond donors (Lipinski definition) is 1. The molecule has 2 aromatic carbocycles. The van der Waals surface area contributed by atoms with Crippen molar-refractivity contribution in [2.24, 2.45) is 0 Å². The number of nitrogens with one attached hydrogen (secondary N) is 1. The summed E-state index contributed by atoms with van der Waals surface area (Å²) in [5.74, 6) is 0.853. The van der Waals surface area contributed by atoms with Crippen molar-refractivity contribution in [1.82, 2.24) is 14.8 Å². The SMILES string of the molecule is Fc1ccc(OCc2n[nH]c(=S)n2-c2ccc(Cl)cc2)cc1. The molecule has 0 aliphatic rings. The van der Waals surface area contributed by atoms with Crippen LogP contribution in [-0.4, -0.2) is 14.8 Å². The van der Waals surface area contributed by atoms with Gasteiger partial charge in [-0.3, -0.25) is 9.67 Å². The van der Waals surface area contributed by atoms with Crippen LogP contribution in [0.15, 0.2) is 48.5 Å². The van der Waals surface area contributed by atoms with Gasteiger partial charge in [-0.1, -0.05) is 11.6 Å². The number of benzene rings is 2. The molecule has 22 heavy (non-hydrogen) atoms. The van der Waals surface area contributed by atoms with Gasteiger partial charge in [-0.15, -0.1) is 0 Å². The Morgan fingerprint density at radius 2 is 1.82 bits per heavy atom. The van der Waals surface area contributed by atoms with E-state index in [0.29, 0.717) is 21.4 Å². The van der Waals surface area contributed by atoms with Crippen LogP contribution < -0.4 is 4.74 Å². The Kier molecular flexibility index (Phi) is 4.22. The maximum atomic E-state index is 12.9. The lowest BCUT2D eigenvalue weighted by Gasteiger charge is -2.08. The summed E-state index contributed by atoms with van der Waals surface area (Å²) in [6.45, 7) is 0.196. The van der Waals surface area contributed by atoms with Gasteiger partial charge in [0.2, 0.25) is 0 Å². The summed E-state index contributed by atoms with van der Waals surface area (Å²) in [5, 5.41) is 7.54. The van der Waals surface area contributed by atoms with E-state index in [1.165, 1.54) is 12.1 Å². The first kappa shape index (κ1) is 14.7. The molecule has 1 N–H and O–H groups in total. The minimum Gasteiger partial charge on any atom is -0.486 e. The van der Waals surface area contributed by atoms with E-state index in [9.17, 15) is 4.39 Å². The highest BCUT2D eigenvalue weighted by molar-refractivity contribution is 7.71. The van der Waals surface area contributed by atoms with Crippen molar-refractivity contribution in [3.8, 4) is 11.4 Å². The third-order valence-corrected chi connectivity index (χ3v) is 3.53. The predicted octanol–water partition coefficient (Wildman–Crippen LogP) is 4.30. The normalized spacial score (nSPS) is 10.6. The van der Waals surface area contributed by atoms with Gasteiger partial charge in [-0.25, -0.2) is 4.39 Å². The van der Waals surface area contributed by atoms with E-state index < -0.39 is 0 Å². The van der Waals surface area contributed by atoms with E-state index in [4.69, 9.17) is 28.6 Å². The summed E-state index contributed by atoms with van der Waals surface area (Å²) in [5.41, 5.74) is 0.834. The van der Waals surface area contributed by atoms with E-state index in [0.717, 1.165) is 5.69 Å². The molecule has 1 aromatic heterocycles. The van der Waals surface area contributed by atoms with Crippen molar-refractivity contribution >= 4 is 23.8 Å². The monoisotopic (exact) mass is 335 g/mol. The Labute approximate surface area is 136 Å². The Balaban J connectivity index is 1.84. The highest BCUT2D eigenvalue weighted by Gasteiger charge is 2.09. The standard InChI is InChI=1S/C15H11ClFN3OS/c16-10-1-5-12(6-2-10)20-14(18-19-15(20)22)9-21-13-7-3-11(17)4-8-13/h1-8H,9H2,(H,19,22). The van der Waals surface area contributed by atoms with Crippen molar-refractivity contribution in [3.05, 3.63) is 70.0 Å². The molecule has 0 aliphatic heterocycles. The van der Waals surface area contributed by atoms with Crippen LogP contribution in [0, 0.1) is 10.6 Å². The zero-order valence-corrected chi connectivity index (χ0v) is 12.9. The van der Waals surface area contributed by atoms with E-state index in [-0.39, 0.29) is 12.4 Å². The van der Waals surface area contributed by atoms with Crippen molar-refractivity contribution in [2.45, 2.75) is 6.61 Å². The molecule has 0 atom stereocenters. The highest BCUT2D eigenvalue weighted by Crippen LogP contribution is 2.17. The first-order valence-corrected chi connectivity index (χ1v) is 7.23. The third kappa shape index (κ3) is 3.18. The van der Waals surface area contributed by atoms with Gasteiger partial charge in [-0.05, 0) is 60.7 Å². The van der Waals surface area contributed by atoms with Crippen LogP contribution in [0.3, 0.4) is 0 Å². The molecule has 0 saturated carbocycles. The fourth-order valence-electron chi connectivity index (χ4n) is 1.96. The number of hydrogen-bond acceptors (Lipinski definition) is 3. The van der Waals surface area contributed by atoms with Gasteiger partial charge in [0.05, 0.1) is 0 Å². The number of halogens is 2. The summed E-state index contributed by atoms with van der Waals surface area (Å²) in [4.78, 5) is 0. The van der Waals surface area contributed by atoms with E-state index in [1.54, 1.807) is 28.8 Å². The molecule has 0 saturated heterocycles. The van der Waals surface area contributed by atoms with E-state index in [2.05, 4.69) is 10.2 Å². The molecule has 0 radical (unpaired) electrons. The maximum Gasteiger partial charge on any atom is 0.199 e. The quantitative estimate of drug-likeness (QED) is 0.723. The third-order valence-electron chi connectivity index (χ3n) is 3.01. The Morgan fingerprint density at radius 1 is 1.14 bits per heavy atom. The minimum absolute atomic E-state index is 0.196. The zero-order valence-electron chi connectivity index (χ0n) is 11.3. The van der Waals surface area contributed by atoms with Gasteiger partial charge in [0.1, 0.15) is 18.2 Å². The van der Waals surface area contributed by atoms with Gasteiger partial charge < -0.3 is 4.74 Å². The Morgan fingerprint density at radius 3 is 2.50 bits per heavy atom. The molecule has 0 spiro atoms. The van der Waals surface area contributed by atoms with Gasteiger partial charge in [0, 0.05) is 10.7 Å². The molecule has 0 fully saturated rings. The minimum atomic E-state index is -0.309. The fraction of sp³-hybridized carbons (Fsp3) is 0.0667. The second kappa shape index (κ2) is 6.29. The average Bonchev–Trinajstić information content (AvgIpc) is 2.89. The molecule has 0 amide bonds. The molecule has 0 bridgehead atoms. The van der Waals surface area contributed by atoms with Crippen LogP contribution in [0.4, 0.5) is 4.39 Å². The van der Waals surface area contributed by atoms with Crippen molar-refractivity contribution in [1.29, 1.82) is 0 Å². The van der Waals surface area contributed by atoms with Gasteiger partial charge in [0.25, 0.3) is 0 Å². The average molecular weight is 336 g/mol. The Hall–Kier alpha value is -2.18. The maximum absolute atomic E-state index is 12.9. The number of ether oxygens (including phenoxy) is 1. The highest BCUT2D eigenvalue weighted by atomic mass is 35.5. The van der Waals surface area contributed by atoms with Gasteiger partial charge >= 0.3 is 0 Å². The van der Waals surface area contributed by atoms with Crippen molar-refractivity contribution in [2.75, 3.05) is 0 Å². The molecule has 112 valence electrons. The van der Waals surface area contributed by atoms with Crippen molar-refractivity contribution < 1.29 is 9.13 Å². The van der Waals surface area contributed by atoms with Crippen LogP contribution >= 0.6 is 23.8 Å². The van der Waals surface area contributed by atoms with Crippen LogP contribution in [0.2, 0.25) is 5.02 Å². The molecular formula is C15H11ClFN3OS. The van der Waals surface area contributed by atoms with Crippen LogP contribution in [0.1, 0.15) is 5.82 Å². The van der Waals surface area contributed by atoms with Crippen LogP contribution in [0.5, 0.6) is 5.75 Å². The van der Waals surface area contributed by atoms with Gasteiger partial charge in [-0.2, -0.15) is 5.10 Å². The van der Waals surface area contributed by atoms with E-state index >= 15 is 0 Å². The second-order valence-electron chi connectivity index (χ2n) is 4.50. The first-order valence-electron chi connectivity index (χ1n) is 6.44.